The Morgan fingerprint density at radius 2 is 2.06 bits per heavy atom. The van der Waals surface area contributed by atoms with Crippen LogP contribution in [0.25, 0.3) is 11.0 Å². The molecular formula is C24H26N4O6. The number of carbonyl (C=O) groups is 1. The van der Waals surface area contributed by atoms with Crippen molar-refractivity contribution in [1.82, 2.24) is 15.3 Å². The Balaban J connectivity index is 1.14. The summed E-state index contributed by atoms with van der Waals surface area (Å²) in [7, 11) is 1.55. The summed E-state index contributed by atoms with van der Waals surface area (Å²) in [6.45, 7) is 2.43. The molecule has 4 heterocycles. The van der Waals surface area contributed by atoms with Gasteiger partial charge >= 0.3 is 6.09 Å². The Morgan fingerprint density at radius 1 is 1.21 bits per heavy atom. The van der Waals surface area contributed by atoms with Crippen LogP contribution < -0.4 is 24.4 Å². The van der Waals surface area contributed by atoms with Gasteiger partial charge < -0.3 is 29.4 Å². The second-order valence-corrected chi connectivity index (χ2v) is 8.07. The van der Waals surface area contributed by atoms with E-state index in [4.69, 9.17) is 18.9 Å². The number of aromatic nitrogens is 2. The molecule has 34 heavy (non-hydrogen) atoms. The number of nitrogens with zero attached hydrogens (tertiary/aromatic N) is 3. The van der Waals surface area contributed by atoms with Crippen LogP contribution in [-0.2, 0) is 4.74 Å². The molecule has 0 saturated carbocycles. The molecule has 3 aromatic rings. The third-order valence-electron chi connectivity index (χ3n) is 5.84. The van der Waals surface area contributed by atoms with E-state index in [2.05, 4.69) is 15.3 Å². The number of anilines is 1. The highest BCUT2D eigenvalue weighted by Crippen LogP contribution is 2.35. The lowest BCUT2D eigenvalue weighted by Gasteiger charge is -2.21. The maximum absolute atomic E-state index is 12.4. The van der Waals surface area contributed by atoms with E-state index in [9.17, 15) is 9.90 Å². The number of pyridine rings is 2. The molecule has 0 radical (unpaired) electrons. The van der Waals surface area contributed by atoms with Crippen molar-refractivity contribution in [2.24, 2.45) is 0 Å². The summed E-state index contributed by atoms with van der Waals surface area (Å²) in [6.07, 6.45) is 0.701. The monoisotopic (exact) mass is 466 g/mol. The van der Waals surface area contributed by atoms with Crippen LogP contribution in [0.2, 0.25) is 0 Å². The van der Waals surface area contributed by atoms with Gasteiger partial charge in [0, 0.05) is 30.4 Å². The first-order valence-corrected chi connectivity index (χ1v) is 11.2. The van der Waals surface area contributed by atoms with Crippen LogP contribution in [0.3, 0.4) is 0 Å². The van der Waals surface area contributed by atoms with E-state index in [1.54, 1.807) is 42.5 Å². The first kappa shape index (κ1) is 22.2. The number of carbonyl (C=O) groups excluding carboxylic acids is 1. The minimum absolute atomic E-state index is 0.300. The van der Waals surface area contributed by atoms with E-state index < -0.39 is 12.2 Å². The van der Waals surface area contributed by atoms with E-state index in [1.165, 1.54) is 0 Å². The van der Waals surface area contributed by atoms with Gasteiger partial charge in [0.25, 0.3) is 0 Å². The molecule has 2 aliphatic heterocycles. The number of aliphatic hydroxyl groups is 1. The number of ether oxygens (including phenoxy) is 4. The molecule has 2 aromatic heterocycles. The van der Waals surface area contributed by atoms with E-state index >= 15 is 0 Å². The molecule has 0 bridgehead atoms. The number of cyclic esters (lactones) is 1. The molecule has 5 rings (SSSR count). The second kappa shape index (κ2) is 9.70. The van der Waals surface area contributed by atoms with Crippen LogP contribution in [-0.4, -0.2) is 67.2 Å². The fourth-order valence-corrected chi connectivity index (χ4v) is 4.11. The van der Waals surface area contributed by atoms with Gasteiger partial charge in [-0.15, -0.1) is 0 Å². The van der Waals surface area contributed by atoms with Gasteiger partial charge in [0.15, 0.2) is 11.5 Å². The zero-order valence-corrected chi connectivity index (χ0v) is 18.8. The summed E-state index contributed by atoms with van der Waals surface area (Å²) < 4.78 is 21.8. The van der Waals surface area contributed by atoms with Gasteiger partial charge in [0.2, 0.25) is 5.88 Å². The molecule has 1 unspecified atom stereocenters. The van der Waals surface area contributed by atoms with Crippen molar-refractivity contribution < 1.29 is 28.8 Å². The highest BCUT2D eigenvalue weighted by atomic mass is 16.6. The van der Waals surface area contributed by atoms with Crippen molar-refractivity contribution in [2.75, 3.05) is 44.9 Å². The topological polar surface area (TPSA) is 115 Å². The largest absolute Gasteiger partial charge is 0.486 e. The molecule has 10 heteroatoms. The Hall–Kier alpha value is -3.63. The average molecular weight is 466 g/mol. The minimum Gasteiger partial charge on any atom is -0.486 e. The van der Waals surface area contributed by atoms with Crippen molar-refractivity contribution in [3.8, 4) is 17.4 Å². The van der Waals surface area contributed by atoms with Crippen molar-refractivity contribution in [1.29, 1.82) is 0 Å². The number of nitrogens with one attached hydrogen (secondary N) is 1. The average Bonchev–Trinajstić information content (AvgIpc) is 3.25. The second-order valence-electron chi connectivity index (χ2n) is 8.07. The number of amides is 1. The molecule has 0 aliphatic carbocycles. The molecule has 1 aromatic carbocycles. The number of hydrogen-bond donors (Lipinski definition) is 2. The van der Waals surface area contributed by atoms with Crippen LogP contribution in [0, 0.1) is 0 Å². The number of rotatable bonds is 8. The van der Waals surface area contributed by atoms with Crippen LogP contribution in [0.15, 0.2) is 42.6 Å². The lowest BCUT2D eigenvalue weighted by atomic mass is 10.1. The van der Waals surface area contributed by atoms with E-state index in [0.29, 0.717) is 78.9 Å². The maximum atomic E-state index is 12.4. The number of fused-ring (bicyclic) bond motifs is 2. The smallest absolute Gasteiger partial charge is 0.414 e. The lowest BCUT2D eigenvalue weighted by molar-refractivity contribution is 0.136. The highest BCUT2D eigenvalue weighted by Gasteiger charge is 2.32. The normalized spacial score (nSPS) is 18.1. The van der Waals surface area contributed by atoms with Gasteiger partial charge in [-0.05, 0) is 37.2 Å². The first-order chi connectivity index (χ1) is 16.6. The summed E-state index contributed by atoms with van der Waals surface area (Å²) in [5.41, 5.74) is 2.72. The summed E-state index contributed by atoms with van der Waals surface area (Å²) in [5.74, 6) is 1.77. The fourth-order valence-electron chi connectivity index (χ4n) is 4.11. The Bertz CT molecular complexity index is 1190. The fraction of sp³-hybridized carbons (Fsp3) is 0.375. The predicted molar refractivity (Wildman–Crippen MR) is 124 cm³/mol. The van der Waals surface area contributed by atoms with Gasteiger partial charge in [-0.2, -0.15) is 0 Å². The standard InChI is InChI=1S/C24H26N4O6/c1-31-22-5-3-18-23(27-22)17(6-9-26-18)19(29)7-8-25-13-16-14-28(24(30)34-16)15-2-4-20-21(12-15)33-11-10-32-20/h2-6,9,12,16,19,25,29H,7-8,10-11,13-14H2,1H3/t16?,19-/m0/s1. The van der Waals surface area contributed by atoms with Crippen LogP contribution in [0.1, 0.15) is 18.1 Å². The lowest BCUT2D eigenvalue weighted by Crippen LogP contribution is -2.32. The Labute approximate surface area is 196 Å². The molecule has 1 saturated heterocycles. The summed E-state index contributed by atoms with van der Waals surface area (Å²) in [6, 6.07) is 10.7. The van der Waals surface area contributed by atoms with E-state index in [1.807, 2.05) is 12.1 Å². The van der Waals surface area contributed by atoms with Crippen LogP contribution in [0.5, 0.6) is 17.4 Å². The molecule has 2 aliphatic rings. The van der Waals surface area contributed by atoms with Crippen molar-refractivity contribution in [2.45, 2.75) is 18.6 Å². The quantitative estimate of drug-likeness (QED) is 0.483. The first-order valence-electron chi connectivity index (χ1n) is 11.2. The summed E-state index contributed by atoms with van der Waals surface area (Å²) in [5, 5.41) is 14.0. The van der Waals surface area contributed by atoms with E-state index in [-0.39, 0.29) is 6.10 Å². The molecule has 2 N–H and O–H groups in total. The number of benzene rings is 1. The molecule has 178 valence electrons. The van der Waals surface area contributed by atoms with Gasteiger partial charge in [0.1, 0.15) is 19.3 Å². The molecule has 0 spiro atoms. The Morgan fingerprint density at radius 3 is 2.91 bits per heavy atom. The van der Waals surface area contributed by atoms with Crippen molar-refractivity contribution >= 4 is 22.8 Å². The summed E-state index contributed by atoms with van der Waals surface area (Å²) in [4.78, 5) is 22.7. The van der Waals surface area contributed by atoms with Gasteiger partial charge in [-0.25, -0.2) is 9.78 Å². The molecule has 2 atom stereocenters. The van der Waals surface area contributed by atoms with Crippen LogP contribution in [0.4, 0.5) is 10.5 Å². The Kier molecular flexibility index (Phi) is 6.33. The zero-order valence-electron chi connectivity index (χ0n) is 18.8. The predicted octanol–water partition coefficient (Wildman–Crippen LogP) is 2.45. The van der Waals surface area contributed by atoms with Crippen molar-refractivity contribution in [3.63, 3.8) is 0 Å². The number of hydrogen-bond acceptors (Lipinski definition) is 9. The minimum atomic E-state index is -0.724. The van der Waals surface area contributed by atoms with Gasteiger partial charge in [0.05, 0.1) is 36.5 Å². The van der Waals surface area contributed by atoms with E-state index in [0.717, 1.165) is 0 Å². The SMILES string of the molecule is COc1ccc2nccc([C@@H](O)CCNCC3CN(c4ccc5c(c4)OCCO5)C(=O)O3)c2n1. The third kappa shape index (κ3) is 4.55. The van der Waals surface area contributed by atoms with Gasteiger partial charge in [-0.1, -0.05) is 0 Å². The molecule has 10 nitrogen and oxygen atoms in total. The number of aliphatic hydroxyl groups excluding tert-OH is 1. The molecule has 1 amide bonds. The summed E-state index contributed by atoms with van der Waals surface area (Å²) >= 11 is 0. The number of methoxy groups -OCH3 is 1. The van der Waals surface area contributed by atoms with Crippen molar-refractivity contribution in [3.05, 3.63) is 48.2 Å². The molecule has 1 fully saturated rings. The molecular weight excluding hydrogens is 440 g/mol. The maximum Gasteiger partial charge on any atom is 0.414 e. The highest BCUT2D eigenvalue weighted by molar-refractivity contribution is 5.90. The van der Waals surface area contributed by atoms with Gasteiger partial charge in [-0.3, -0.25) is 9.88 Å². The van der Waals surface area contributed by atoms with Crippen LogP contribution >= 0.6 is 0 Å². The third-order valence-corrected chi connectivity index (χ3v) is 5.84. The zero-order chi connectivity index (χ0) is 23.5.